The van der Waals surface area contributed by atoms with Crippen LogP contribution in [-0.2, 0) is 13.1 Å². The van der Waals surface area contributed by atoms with E-state index in [4.69, 9.17) is 23.2 Å². The lowest BCUT2D eigenvalue weighted by atomic mass is 10.2. The molecule has 8 heteroatoms. The fourth-order valence-corrected chi connectivity index (χ4v) is 3.30. The molecule has 0 bridgehead atoms. The van der Waals surface area contributed by atoms with Crippen LogP contribution in [-0.4, -0.2) is 25.5 Å². The zero-order valence-corrected chi connectivity index (χ0v) is 16.8. The van der Waals surface area contributed by atoms with Gasteiger partial charge in [0, 0.05) is 22.3 Å². The van der Waals surface area contributed by atoms with Gasteiger partial charge in [-0.3, -0.25) is 9.48 Å². The summed E-state index contributed by atoms with van der Waals surface area (Å²) in [5, 5.41) is 12.7. The average Bonchev–Trinajstić information content (AvgIpc) is 3.35. The molecule has 0 fully saturated rings. The average molecular weight is 426 g/mol. The van der Waals surface area contributed by atoms with Crippen LogP contribution in [0.2, 0.25) is 10.0 Å². The number of halogens is 2. The molecule has 0 unspecified atom stereocenters. The normalized spacial score (nSPS) is 10.8. The molecule has 29 heavy (non-hydrogen) atoms. The molecule has 2 heterocycles. The summed E-state index contributed by atoms with van der Waals surface area (Å²) in [6.07, 6.45) is 4.85. The molecule has 0 aliphatic rings. The van der Waals surface area contributed by atoms with Crippen molar-refractivity contribution in [2.75, 3.05) is 5.32 Å². The molecule has 2 aromatic carbocycles. The molecule has 1 N–H and O–H groups in total. The second-order valence-electron chi connectivity index (χ2n) is 6.44. The van der Waals surface area contributed by atoms with Gasteiger partial charge in [0.1, 0.15) is 5.82 Å². The molecule has 0 saturated heterocycles. The first-order valence-electron chi connectivity index (χ1n) is 8.92. The third kappa shape index (κ3) is 4.50. The van der Waals surface area contributed by atoms with Crippen molar-refractivity contribution >= 4 is 34.9 Å². The maximum Gasteiger partial charge on any atom is 0.259 e. The van der Waals surface area contributed by atoms with E-state index in [-0.39, 0.29) is 5.91 Å². The Hall–Kier alpha value is -3.09. The molecule has 0 atom stereocenters. The van der Waals surface area contributed by atoms with Gasteiger partial charge in [0.05, 0.1) is 31.0 Å². The number of rotatable bonds is 6. The van der Waals surface area contributed by atoms with Crippen LogP contribution in [0.25, 0.3) is 0 Å². The Morgan fingerprint density at radius 3 is 2.24 bits per heavy atom. The van der Waals surface area contributed by atoms with Crippen LogP contribution in [0.5, 0.6) is 0 Å². The third-order valence-electron chi connectivity index (χ3n) is 4.42. The minimum Gasteiger partial charge on any atom is -0.307 e. The highest BCUT2D eigenvalue weighted by Gasteiger charge is 2.13. The number of hydrogen-bond donors (Lipinski definition) is 1. The van der Waals surface area contributed by atoms with Gasteiger partial charge in [0.15, 0.2) is 0 Å². The van der Waals surface area contributed by atoms with Crippen LogP contribution < -0.4 is 5.32 Å². The van der Waals surface area contributed by atoms with E-state index in [0.717, 1.165) is 11.1 Å². The molecule has 0 saturated carbocycles. The number of amides is 1. The topological polar surface area (TPSA) is 64.7 Å². The zero-order valence-electron chi connectivity index (χ0n) is 15.3. The second-order valence-corrected chi connectivity index (χ2v) is 7.25. The van der Waals surface area contributed by atoms with Crippen LogP contribution >= 0.6 is 23.2 Å². The fraction of sp³-hybridized carbons (Fsp3) is 0.0952. The molecule has 0 radical (unpaired) electrons. The predicted molar refractivity (Wildman–Crippen MR) is 114 cm³/mol. The minimum absolute atomic E-state index is 0.267. The van der Waals surface area contributed by atoms with E-state index >= 15 is 0 Å². The molecule has 4 aromatic rings. The van der Waals surface area contributed by atoms with Gasteiger partial charge < -0.3 is 5.32 Å². The Morgan fingerprint density at radius 1 is 0.897 bits per heavy atom. The number of hydrogen-bond acceptors (Lipinski definition) is 3. The van der Waals surface area contributed by atoms with Gasteiger partial charge in [-0.25, -0.2) is 4.68 Å². The van der Waals surface area contributed by atoms with Gasteiger partial charge >= 0.3 is 0 Å². The maximum atomic E-state index is 12.7. The molecule has 4 rings (SSSR count). The smallest absolute Gasteiger partial charge is 0.259 e. The standard InChI is InChI=1S/C21H17Cl2N5O/c22-18-7-3-1-5-15(18)12-27-13-17(11-25-27)21(29)26-20-9-10-24-28(20)14-16-6-2-4-8-19(16)23/h1-11,13H,12,14H2,(H,26,29). The third-order valence-corrected chi connectivity index (χ3v) is 5.16. The molecule has 2 aromatic heterocycles. The molecule has 6 nitrogen and oxygen atoms in total. The van der Waals surface area contributed by atoms with Crippen molar-refractivity contribution in [3.05, 3.63) is 99.9 Å². The maximum absolute atomic E-state index is 12.7. The fourth-order valence-electron chi connectivity index (χ4n) is 2.91. The highest BCUT2D eigenvalue weighted by atomic mass is 35.5. The first-order chi connectivity index (χ1) is 14.1. The van der Waals surface area contributed by atoms with Gasteiger partial charge in [-0.2, -0.15) is 10.2 Å². The highest BCUT2D eigenvalue weighted by molar-refractivity contribution is 6.31. The summed E-state index contributed by atoms with van der Waals surface area (Å²) in [6, 6.07) is 16.8. The Bertz CT molecular complexity index is 1150. The van der Waals surface area contributed by atoms with E-state index in [1.54, 1.807) is 27.8 Å². The number of aromatic nitrogens is 4. The summed E-state index contributed by atoms with van der Waals surface area (Å²) in [5.41, 5.74) is 2.30. The molecular weight excluding hydrogens is 409 g/mol. The van der Waals surface area contributed by atoms with Crippen molar-refractivity contribution < 1.29 is 4.79 Å². The first-order valence-corrected chi connectivity index (χ1v) is 9.68. The minimum atomic E-state index is -0.267. The monoisotopic (exact) mass is 425 g/mol. The lowest BCUT2D eigenvalue weighted by Gasteiger charge is -2.09. The zero-order chi connectivity index (χ0) is 20.2. The van der Waals surface area contributed by atoms with Crippen LogP contribution in [0.3, 0.4) is 0 Å². The number of anilines is 1. The molecule has 146 valence electrons. The highest BCUT2D eigenvalue weighted by Crippen LogP contribution is 2.19. The number of nitrogens with zero attached hydrogens (tertiary/aromatic N) is 4. The summed E-state index contributed by atoms with van der Waals surface area (Å²) < 4.78 is 3.37. The quantitative estimate of drug-likeness (QED) is 0.485. The van der Waals surface area contributed by atoms with Gasteiger partial charge in [0.25, 0.3) is 5.91 Å². The van der Waals surface area contributed by atoms with Crippen molar-refractivity contribution in [1.82, 2.24) is 19.6 Å². The summed E-state index contributed by atoms with van der Waals surface area (Å²) >= 11 is 12.4. The van der Waals surface area contributed by atoms with Crippen LogP contribution in [0.15, 0.2) is 73.2 Å². The number of nitrogens with one attached hydrogen (secondary N) is 1. The van der Waals surface area contributed by atoms with E-state index in [0.29, 0.717) is 34.5 Å². The van der Waals surface area contributed by atoms with Crippen molar-refractivity contribution in [1.29, 1.82) is 0 Å². The van der Waals surface area contributed by atoms with Crippen molar-refractivity contribution in [3.63, 3.8) is 0 Å². The van der Waals surface area contributed by atoms with Crippen LogP contribution in [0.1, 0.15) is 21.5 Å². The molecule has 0 spiro atoms. The van der Waals surface area contributed by atoms with Gasteiger partial charge in [-0.15, -0.1) is 0 Å². The Kier molecular flexibility index (Phi) is 5.64. The molecular formula is C21H17Cl2N5O. The van der Waals surface area contributed by atoms with E-state index in [2.05, 4.69) is 15.5 Å². The van der Waals surface area contributed by atoms with Gasteiger partial charge in [-0.05, 0) is 23.3 Å². The first kappa shape index (κ1) is 19.2. The van der Waals surface area contributed by atoms with E-state index < -0.39 is 0 Å². The largest absolute Gasteiger partial charge is 0.307 e. The van der Waals surface area contributed by atoms with Crippen LogP contribution in [0.4, 0.5) is 5.82 Å². The molecule has 0 aliphatic carbocycles. The Labute approximate surface area is 177 Å². The predicted octanol–water partition coefficient (Wildman–Crippen LogP) is 4.74. The molecule has 1 amide bonds. The number of carbonyl (C=O) groups is 1. The number of carbonyl (C=O) groups excluding carboxylic acids is 1. The van der Waals surface area contributed by atoms with Crippen LogP contribution in [0, 0.1) is 0 Å². The van der Waals surface area contributed by atoms with E-state index in [1.807, 2.05) is 48.5 Å². The van der Waals surface area contributed by atoms with Gasteiger partial charge in [0.2, 0.25) is 0 Å². The summed E-state index contributed by atoms with van der Waals surface area (Å²) in [4.78, 5) is 12.7. The lowest BCUT2D eigenvalue weighted by molar-refractivity contribution is 0.102. The summed E-state index contributed by atoms with van der Waals surface area (Å²) in [5.74, 6) is 0.310. The Morgan fingerprint density at radius 2 is 1.55 bits per heavy atom. The second kappa shape index (κ2) is 8.51. The molecule has 0 aliphatic heterocycles. The number of benzene rings is 2. The van der Waals surface area contributed by atoms with E-state index in [1.165, 1.54) is 6.20 Å². The van der Waals surface area contributed by atoms with Crippen molar-refractivity contribution in [2.24, 2.45) is 0 Å². The SMILES string of the molecule is O=C(Nc1ccnn1Cc1ccccc1Cl)c1cnn(Cc2ccccc2Cl)c1. The lowest BCUT2D eigenvalue weighted by Crippen LogP contribution is -2.16. The van der Waals surface area contributed by atoms with E-state index in [9.17, 15) is 4.79 Å². The Balaban J connectivity index is 1.46. The summed E-state index contributed by atoms with van der Waals surface area (Å²) in [6.45, 7) is 0.936. The van der Waals surface area contributed by atoms with Gasteiger partial charge in [-0.1, -0.05) is 59.6 Å². The summed E-state index contributed by atoms with van der Waals surface area (Å²) in [7, 11) is 0. The van der Waals surface area contributed by atoms with Crippen molar-refractivity contribution in [2.45, 2.75) is 13.1 Å². The van der Waals surface area contributed by atoms with Crippen molar-refractivity contribution in [3.8, 4) is 0 Å².